The van der Waals surface area contributed by atoms with Crippen molar-refractivity contribution in [2.24, 2.45) is 5.92 Å². The lowest BCUT2D eigenvalue weighted by Crippen LogP contribution is -2.47. The average molecular weight is 227 g/mol. The van der Waals surface area contributed by atoms with Crippen LogP contribution in [0.1, 0.15) is 6.92 Å². The molecule has 16 heavy (non-hydrogen) atoms. The highest BCUT2D eigenvalue weighted by Crippen LogP contribution is 2.06. The topological polar surface area (TPSA) is 27.7 Å². The normalized spacial score (nSPS) is 26.8. The molecule has 94 valence electrons. The lowest BCUT2D eigenvalue weighted by Gasteiger charge is -2.33. The fourth-order valence-electron chi connectivity index (χ4n) is 2.62. The summed E-state index contributed by atoms with van der Waals surface area (Å²) < 4.78 is 5.37. The number of hydrogen-bond acceptors (Lipinski definition) is 4. The van der Waals surface area contributed by atoms with Crippen LogP contribution in [0.2, 0.25) is 0 Å². The lowest BCUT2D eigenvalue weighted by atomic mass is 10.1. The zero-order chi connectivity index (χ0) is 11.2. The van der Waals surface area contributed by atoms with E-state index in [1.165, 1.54) is 26.2 Å². The number of rotatable bonds is 4. The van der Waals surface area contributed by atoms with E-state index in [1.807, 2.05) is 0 Å². The van der Waals surface area contributed by atoms with Crippen molar-refractivity contribution >= 4 is 0 Å². The molecule has 4 nitrogen and oxygen atoms in total. The highest BCUT2D eigenvalue weighted by atomic mass is 16.5. The molecule has 0 amide bonds. The van der Waals surface area contributed by atoms with Gasteiger partial charge in [0, 0.05) is 52.4 Å². The molecule has 0 spiro atoms. The first-order chi connectivity index (χ1) is 7.84. The molecule has 0 saturated carbocycles. The molecule has 0 aromatic carbocycles. The Morgan fingerprint density at radius 3 is 2.19 bits per heavy atom. The maximum Gasteiger partial charge on any atom is 0.0594 e. The zero-order valence-electron chi connectivity index (χ0n) is 10.5. The summed E-state index contributed by atoms with van der Waals surface area (Å²) in [6, 6.07) is 0. The summed E-state index contributed by atoms with van der Waals surface area (Å²) in [5, 5.41) is 3.40. The van der Waals surface area contributed by atoms with Crippen molar-refractivity contribution in [3.63, 3.8) is 0 Å². The number of hydrogen-bond donors (Lipinski definition) is 1. The first-order valence-electron chi connectivity index (χ1n) is 6.58. The van der Waals surface area contributed by atoms with E-state index in [1.54, 1.807) is 0 Å². The van der Waals surface area contributed by atoms with Crippen LogP contribution in [0.15, 0.2) is 0 Å². The van der Waals surface area contributed by atoms with E-state index in [4.69, 9.17) is 4.74 Å². The third-order valence-electron chi connectivity index (χ3n) is 3.45. The van der Waals surface area contributed by atoms with E-state index < -0.39 is 0 Å². The predicted molar refractivity (Wildman–Crippen MR) is 65.7 cm³/mol. The second kappa shape index (κ2) is 6.55. The van der Waals surface area contributed by atoms with E-state index in [2.05, 4.69) is 22.0 Å². The van der Waals surface area contributed by atoms with Crippen molar-refractivity contribution in [2.75, 3.05) is 65.6 Å². The molecule has 0 aromatic rings. The van der Waals surface area contributed by atoms with Crippen LogP contribution in [-0.2, 0) is 4.74 Å². The van der Waals surface area contributed by atoms with Crippen LogP contribution in [0, 0.1) is 5.92 Å². The average Bonchev–Trinajstić information content (AvgIpc) is 2.31. The van der Waals surface area contributed by atoms with Crippen molar-refractivity contribution in [2.45, 2.75) is 6.92 Å². The summed E-state index contributed by atoms with van der Waals surface area (Å²) in [4.78, 5) is 5.12. The Hall–Kier alpha value is -0.160. The molecule has 2 aliphatic rings. The predicted octanol–water partition coefficient (Wildman–Crippen LogP) is -0.140. The van der Waals surface area contributed by atoms with Gasteiger partial charge in [0.05, 0.1) is 13.2 Å². The summed E-state index contributed by atoms with van der Waals surface area (Å²) in [6.07, 6.45) is 0. The van der Waals surface area contributed by atoms with E-state index in [0.29, 0.717) is 0 Å². The second-order valence-electron chi connectivity index (χ2n) is 5.07. The summed E-state index contributed by atoms with van der Waals surface area (Å²) >= 11 is 0. The van der Waals surface area contributed by atoms with E-state index in [-0.39, 0.29) is 0 Å². The molecular weight excluding hydrogens is 202 g/mol. The van der Waals surface area contributed by atoms with Gasteiger partial charge in [-0.3, -0.25) is 4.90 Å². The molecule has 2 fully saturated rings. The Labute approximate surface area is 98.9 Å². The molecule has 2 rings (SSSR count). The summed E-state index contributed by atoms with van der Waals surface area (Å²) in [5.74, 6) is 0.774. The molecule has 0 aromatic heterocycles. The van der Waals surface area contributed by atoms with E-state index >= 15 is 0 Å². The number of morpholine rings is 1. The van der Waals surface area contributed by atoms with Gasteiger partial charge >= 0.3 is 0 Å². The first-order valence-corrected chi connectivity index (χ1v) is 6.58. The summed E-state index contributed by atoms with van der Waals surface area (Å²) in [5.41, 5.74) is 0. The summed E-state index contributed by atoms with van der Waals surface area (Å²) in [6.45, 7) is 13.7. The Morgan fingerprint density at radius 1 is 1.00 bits per heavy atom. The van der Waals surface area contributed by atoms with Gasteiger partial charge < -0.3 is 15.0 Å². The smallest absolute Gasteiger partial charge is 0.0594 e. The minimum Gasteiger partial charge on any atom is -0.379 e. The Kier molecular flexibility index (Phi) is 5.03. The number of nitrogens with zero attached hydrogens (tertiary/aromatic N) is 2. The fourth-order valence-corrected chi connectivity index (χ4v) is 2.62. The van der Waals surface area contributed by atoms with Gasteiger partial charge in [0.1, 0.15) is 0 Å². The third kappa shape index (κ3) is 4.01. The van der Waals surface area contributed by atoms with Crippen LogP contribution in [0.4, 0.5) is 0 Å². The Morgan fingerprint density at radius 2 is 1.56 bits per heavy atom. The maximum absolute atomic E-state index is 5.37. The molecule has 2 aliphatic heterocycles. The van der Waals surface area contributed by atoms with Gasteiger partial charge in [-0.25, -0.2) is 0 Å². The quantitative estimate of drug-likeness (QED) is 0.723. The molecule has 2 saturated heterocycles. The molecule has 2 heterocycles. The van der Waals surface area contributed by atoms with Crippen molar-refractivity contribution in [1.82, 2.24) is 15.1 Å². The second-order valence-corrected chi connectivity index (χ2v) is 5.07. The Bertz CT molecular complexity index is 169. The lowest BCUT2D eigenvalue weighted by molar-refractivity contribution is 0.0287. The molecule has 1 unspecified atom stereocenters. The molecule has 1 N–H and O–H groups in total. The number of nitrogens with one attached hydrogen (secondary N) is 1. The minimum absolute atomic E-state index is 0.774. The highest BCUT2D eigenvalue weighted by Gasteiger charge is 2.17. The standard InChI is InChI=1S/C12H25N3O/c1-12(10-14-4-2-13-3-5-14)11-15-6-8-16-9-7-15/h12-13H,2-11H2,1H3. The van der Waals surface area contributed by atoms with Gasteiger partial charge in [-0.15, -0.1) is 0 Å². The third-order valence-corrected chi connectivity index (χ3v) is 3.45. The van der Waals surface area contributed by atoms with E-state index in [0.717, 1.165) is 45.3 Å². The zero-order valence-corrected chi connectivity index (χ0v) is 10.5. The van der Waals surface area contributed by atoms with Crippen molar-refractivity contribution in [1.29, 1.82) is 0 Å². The molecule has 0 radical (unpaired) electrons. The van der Waals surface area contributed by atoms with Gasteiger partial charge in [0.15, 0.2) is 0 Å². The SMILES string of the molecule is CC(CN1CCNCC1)CN1CCOCC1. The highest BCUT2D eigenvalue weighted by molar-refractivity contribution is 4.72. The van der Waals surface area contributed by atoms with Crippen molar-refractivity contribution in [3.05, 3.63) is 0 Å². The van der Waals surface area contributed by atoms with Gasteiger partial charge in [0.25, 0.3) is 0 Å². The fraction of sp³-hybridized carbons (Fsp3) is 1.00. The first kappa shape index (κ1) is 12.3. The molecule has 0 aliphatic carbocycles. The van der Waals surface area contributed by atoms with E-state index in [9.17, 15) is 0 Å². The monoisotopic (exact) mass is 227 g/mol. The van der Waals surface area contributed by atoms with Gasteiger partial charge in [0.2, 0.25) is 0 Å². The van der Waals surface area contributed by atoms with Crippen molar-refractivity contribution < 1.29 is 4.74 Å². The van der Waals surface area contributed by atoms with Gasteiger partial charge in [-0.2, -0.15) is 0 Å². The van der Waals surface area contributed by atoms with Gasteiger partial charge in [-0.1, -0.05) is 6.92 Å². The van der Waals surface area contributed by atoms with Gasteiger partial charge in [-0.05, 0) is 5.92 Å². The summed E-state index contributed by atoms with van der Waals surface area (Å²) in [7, 11) is 0. The van der Waals surface area contributed by atoms with Crippen LogP contribution in [0.5, 0.6) is 0 Å². The van der Waals surface area contributed by atoms with Crippen LogP contribution >= 0.6 is 0 Å². The van der Waals surface area contributed by atoms with Crippen molar-refractivity contribution in [3.8, 4) is 0 Å². The molecule has 4 heteroatoms. The minimum atomic E-state index is 0.774. The molecular formula is C12H25N3O. The van der Waals surface area contributed by atoms with Crippen LogP contribution in [0.3, 0.4) is 0 Å². The molecule has 1 atom stereocenters. The number of piperazine rings is 1. The largest absolute Gasteiger partial charge is 0.379 e. The van der Waals surface area contributed by atoms with Crippen LogP contribution in [-0.4, -0.2) is 75.4 Å². The Balaban J connectivity index is 1.64. The number of ether oxygens (including phenoxy) is 1. The van der Waals surface area contributed by atoms with Crippen LogP contribution in [0.25, 0.3) is 0 Å². The maximum atomic E-state index is 5.37. The molecule has 0 bridgehead atoms. The van der Waals surface area contributed by atoms with Crippen LogP contribution < -0.4 is 5.32 Å².